The lowest BCUT2D eigenvalue weighted by atomic mass is 9.75. The van der Waals surface area contributed by atoms with Gasteiger partial charge < -0.3 is 9.31 Å². The van der Waals surface area contributed by atoms with Gasteiger partial charge in [0.05, 0.1) is 5.56 Å². The molecule has 0 spiro atoms. The average molecular weight is 350 g/mol. The summed E-state index contributed by atoms with van der Waals surface area (Å²) in [5, 5.41) is 0. The molecule has 0 saturated carbocycles. The van der Waals surface area contributed by atoms with Crippen LogP contribution >= 0.6 is 0 Å². The number of benzene rings is 2. The molecule has 0 unspecified atom stereocenters. The Morgan fingerprint density at radius 3 is 1.79 bits per heavy atom. The summed E-state index contributed by atoms with van der Waals surface area (Å²) in [6.07, 6.45) is -4.79. The first-order chi connectivity index (χ1) is 11.1. The van der Waals surface area contributed by atoms with Crippen LogP contribution in [0.3, 0.4) is 0 Å². The summed E-state index contributed by atoms with van der Waals surface area (Å²) in [5.74, 6) is -10.3. The van der Waals surface area contributed by atoms with E-state index >= 15 is 0 Å². The highest BCUT2D eigenvalue weighted by atomic mass is 19.4. The van der Waals surface area contributed by atoms with Crippen molar-refractivity contribution < 1.29 is 40.0 Å². The fourth-order valence-electron chi connectivity index (χ4n) is 2.30. The zero-order chi connectivity index (χ0) is 17.8. The molecule has 2 aromatic rings. The molecule has 3 rings (SSSR count). The van der Waals surface area contributed by atoms with Crippen molar-refractivity contribution in [2.45, 2.75) is 13.1 Å². The standard InChI is InChI=1S/C14H6BF7O2/c1-5-2-3-6(14(20,21)22)7(4-5)15-23-12-10(18)8(16)9(17)11(19)13(12)24-15/h2-4H,1H3. The second-order valence-electron chi connectivity index (χ2n) is 5.07. The first-order valence-electron chi connectivity index (χ1n) is 6.48. The lowest BCUT2D eigenvalue weighted by Crippen LogP contribution is -2.43. The molecule has 1 aliphatic heterocycles. The minimum atomic E-state index is -4.79. The molecule has 1 heterocycles. The monoisotopic (exact) mass is 350 g/mol. The number of aryl methyl sites for hydroxylation is 1. The fraction of sp³-hybridized carbons (Fsp3) is 0.143. The van der Waals surface area contributed by atoms with Gasteiger partial charge in [-0.05, 0) is 6.92 Å². The summed E-state index contributed by atoms with van der Waals surface area (Å²) in [6, 6.07) is 2.96. The van der Waals surface area contributed by atoms with Gasteiger partial charge in [0.25, 0.3) is 0 Å². The van der Waals surface area contributed by atoms with Crippen molar-refractivity contribution in [1.29, 1.82) is 0 Å². The number of hydrogen-bond donors (Lipinski definition) is 0. The molecular weight excluding hydrogens is 344 g/mol. The van der Waals surface area contributed by atoms with Crippen molar-refractivity contribution in [2.24, 2.45) is 0 Å². The molecule has 0 aromatic heterocycles. The second-order valence-corrected chi connectivity index (χ2v) is 5.07. The Balaban J connectivity index is 2.11. The highest BCUT2D eigenvalue weighted by molar-refractivity contribution is 6.64. The Bertz CT molecular complexity index is 798. The molecule has 24 heavy (non-hydrogen) atoms. The molecule has 0 amide bonds. The smallest absolute Gasteiger partial charge is 0.517 e. The number of fused-ring (bicyclic) bond motifs is 1. The molecule has 0 atom stereocenters. The topological polar surface area (TPSA) is 18.5 Å². The van der Waals surface area contributed by atoms with Crippen LogP contribution in [0.1, 0.15) is 11.1 Å². The highest BCUT2D eigenvalue weighted by Crippen LogP contribution is 2.41. The largest absolute Gasteiger partial charge is 0.633 e. The van der Waals surface area contributed by atoms with Crippen LogP contribution in [0.5, 0.6) is 11.5 Å². The van der Waals surface area contributed by atoms with Crippen LogP contribution in [0.4, 0.5) is 30.7 Å². The maximum atomic E-state index is 13.6. The van der Waals surface area contributed by atoms with Gasteiger partial charge in [0.15, 0.2) is 11.5 Å². The summed E-state index contributed by atoms with van der Waals surface area (Å²) in [7, 11) is -1.90. The second kappa shape index (κ2) is 5.32. The molecule has 10 heteroatoms. The van der Waals surface area contributed by atoms with E-state index in [4.69, 9.17) is 9.31 Å². The lowest BCUT2D eigenvalue weighted by Gasteiger charge is -2.14. The Morgan fingerprint density at radius 2 is 1.33 bits per heavy atom. The average Bonchev–Trinajstić information content (AvgIpc) is 2.95. The quantitative estimate of drug-likeness (QED) is 0.338. The minimum absolute atomic E-state index is 0.388. The van der Waals surface area contributed by atoms with E-state index in [0.717, 1.165) is 12.1 Å². The number of alkyl halides is 3. The predicted molar refractivity (Wildman–Crippen MR) is 69.1 cm³/mol. The zero-order valence-corrected chi connectivity index (χ0v) is 11.8. The van der Waals surface area contributed by atoms with Crippen molar-refractivity contribution in [1.82, 2.24) is 0 Å². The number of hydrogen-bond acceptors (Lipinski definition) is 2. The maximum absolute atomic E-state index is 13.6. The molecule has 0 fully saturated rings. The SMILES string of the molecule is Cc1ccc(C(F)(F)F)c(B2Oc3c(F)c(F)c(F)c(F)c3O2)c1. The van der Waals surface area contributed by atoms with Gasteiger partial charge >= 0.3 is 13.3 Å². The van der Waals surface area contributed by atoms with Crippen molar-refractivity contribution in [3.05, 3.63) is 52.6 Å². The third kappa shape index (κ3) is 2.46. The molecule has 0 saturated heterocycles. The van der Waals surface area contributed by atoms with Crippen LogP contribution < -0.4 is 14.8 Å². The maximum Gasteiger partial charge on any atom is 0.633 e. The Morgan fingerprint density at radius 1 is 0.833 bits per heavy atom. The third-order valence-electron chi connectivity index (χ3n) is 3.40. The van der Waals surface area contributed by atoms with Gasteiger partial charge in [0.1, 0.15) is 0 Å². The highest BCUT2D eigenvalue weighted by Gasteiger charge is 2.46. The van der Waals surface area contributed by atoms with E-state index in [9.17, 15) is 30.7 Å². The first kappa shape index (κ1) is 16.5. The van der Waals surface area contributed by atoms with E-state index in [1.54, 1.807) is 0 Å². The molecular formula is C14H6BF7O2. The van der Waals surface area contributed by atoms with Crippen LogP contribution in [0.2, 0.25) is 0 Å². The van der Waals surface area contributed by atoms with Gasteiger partial charge in [-0.25, -0.2) is 8.78 Å². The van der Waals surface area contributed by atoms with Gasteiger partial charge in [-0.1, -0.05) is 23.8 Å². The van der Waals surface area contributed by atoms with Gasteiger partial charge in [-0.15, -0.1) is 0 Å². The summed E-state index contributed by atoms with van der Waals surface area (Å²) in [4.78, 5) is 0. The predicted octanol–water partition coefficient (Wildman–Crippen LogP) is 3.74. The summed E-state index contributed by atoms with van der Waals surface area (Å²) < 4.78 is 102. The van der Waals surface area contributed by atoms with Crippen molar-refractivity contribution in [2.75, 3.05) is 0 Å². The molecule has 1 aliphatic rings. The molecule has 2 aromatic carbocycles. The van der Waals surface area contributed by atoms with E-state index in [0.29, 0.717) is 5.56 Å². The number of halogens is 7. The van der Waals surface area contributed by atoms with E-state index in [1.807, 2.05) is 0 Å². The molecule has 2 nitrogen and oxygen atoms in total. The summed E-state index contributed by atoms with van der Waals surface area (Å²) >= 11 is 0. The number of rotatable bonds is 1. The Kier molecular flexibility index (Phi) is 3.65. The van der Waals surface area contributed by atoms with Crippen LogP contribution in [0, 0.1) is 30.2 Å². The van der Waals surface area contributed by atoms with Crippen molar-refractivity contribution in [3.63, 3.8) is 0 Å². The molecule has 0 N–H and O–H groups in total. The van der Waals surface area contributed by atoms with Crippen LogP contribution in [-0.4, -0.2) is 7.12 Å². The lowest BCUT2D eigenvalue weighted by molar-refractivity contribution is -0.136. The van der Waals surface area contributed by atoms with E-state index in [-0.39, 0.29) is 0 Å². The molecule has 0 radical (unpaired) electrons. The fourth-order valence-corrected chi connectivity index (χ4v) is 2.30. The van der Waals surface area contributed by atoms with Crippen molar-refractivity contribution >= 4 is 12.6 Å². The molecule has 0 bridgehead atoms. The van der Waals surface area contributed by atoms with Gasteiger partial charge in [0, 0.05) is 5.46 Å². The Labute approximate surface area is 130 Å². The van der Waals surface area contributed by atoms with E-state index in [1.165, 1.54) is 13.0 Å². The summed E-state index contributed by atoms with van der Waals surface area (Å²) in [5.41, 5.74) is -1.34. The van der Waals surface area contributed by atoms with Gasteiger partial charge in [-0.3, -0.25) is 0 Å². The van der Waals surface area contributed by atoms with Crippen LogP contribution in [0.15, 0.2) is 18.2 Å². The molecule has 126 valence electrons. The van der Waals surface area contributed by atoms with Gasteiger partial charge in [-0.2, -0.15) is 22.0 Å². The zero-order valence-electron chi connectivity index (χ0n) is 11.8. The normalized spacial score (nSPS) is 13.6. The van der Waals surface area contributed by atoms with Crippen LogP contribution in [0.25, 0.3) is 0 Å². The van der Waals surface area contributed by atoms with Gasteiger partial charge in [0.2, 0.25) is 23.3 Å². The molecule has 0 aliphatic carbocycles. The Hall–Kier alpha value is -2.39. The first-order valence-corrected chi connectivity index (χ1v) is 6.48. The van der Waals surface area contributed by atoms with Crippen LogP contribution in [-0.2, 0) is 6.18 Å². The van der Waals surface area contributed by atoms with E-state index < -0.39 is 59.1 Å². The minimum Gasteiger partial charge on any atom is -0.517 e. The third-order valence-corrected chi connectivity index (χ3v) is 3.40. The van der Waals surface area contributed by atoms with E-state index in [2.05, 4.69) is 0 Å². The summed E-state index contributed by atoms with van der Waals surface area (Å²) in [6.45, 7) is 1.48. The van der Waals surface area contributed by atoms with Crippen molar-refractivity contribution in [3.8, 4) is 11.5 Å².